The third-order valence-corrected chi connectivity index (χ3v) is 6.24. The van der Waals surface area contributed by atoms with Crippen LogP contribution in [0.2, 0.25) is 0 Å². The number of hydrogen-bond acceptors (Lipinski definition) is 3. The summed E-state index contributed by atoms with van der Waals surface area (Å²) in [5, 5.41) is 0. The molecule has 1 aliphatic rings. The van der Waals surface area contributed by atoms with Gasteiger partial charge in [0.2, 0.25) is 0 Å². The van der Waals surface area contributed by atoms with Crippen LogP contribution in [0.15, 0.2) is 29.2 Å². The van der Waals surface area contributed by atoms with Gasteiger partial charge in [-0.1, -0.05) is 25.0 Å². The number of hydrogen-bond donors (Lipinski definition) is 0. The molecule has 0 atom stereocenters. The summed E-state index contributed by atoms with van der Waals surface area (Å²) in [6.07, 6.45) is 7.98. The second-order valence-electron chi connectivity index (χ2n) is 5.60. The maximum absolute atomic E-state index is 11.9. The number of rotatable bonds is 4. The Morgan fingerprint density at radius 2 is 1.90 bits per heavy atom. The molecule has 0 spiro atoms. The Morgan fingerprint density at radius 3 is 2.38 bits per heavy atom. The molecule has 1 aromatic rings. The Kier molecular flexibility index (Phi) is 5.24. The molecule has 1 saturated carbocycles. The Labute approximate surface area is 139 Å². The van der Waals surface area contributed by atoms with E-state index < -0.39 is 9.84 Å². The summed E-state index contributed by atoms with van der Waals surface area (Å²) in [4.78, 5) is 12.3. The van der Waals surface area contributed by atoms with E-state index in [1.807, 2.05) is 22.6 Å². The predicted molar refractivity (Wildman–Crippen MR) is 92.9 cm³/mol. The molecule has 1 aliphatic carbocycles. The fourth-order valence-corrected chi connectivity index (χ4v) is 5.19. The van der Waals surface area contributed by atoms with Crippen LogP contribution >= 0.6 is 22.6 Å². The maximum Gasteiger partial charge on any atom is 0.176 e. The molecule has 2 rings (SSSR count). The van der Waals surface area contributed by atoms with Crippen molar-refractivity contribution in [1.82, 2.24) is 0 Å². The lowest BCUT2D eigenvalue weighted by Crippen LogP contribution is -2.03. The fraction of sp³-hybridized carbons (Fsp3) is 0.438. The highest BCUT2D eigenvalue weighted by molar-refractivity contribution is 14.1. The molecule has 0 N–H and O–H groups in total. The highest BCUT2D eigenvalue weighted by Gasteiger charge is 2.18. The summed E-state index contributed by atoms with van der Waals surface area (Å²) in [6, 6.07) is 5.12. The first-order valence-corrected chi connectivity index (χ1v) is 9.99. The minimum Gasteiger partial charge on any atom is -0.295 e. The number of carbonyl (C=O) groups is 1. The summed E-state index contributed by atoms with van der Waals surface area (Å²) in [5.74, 6) is 0.501. The van der Waals surface area contributed by atoms with Crippen LogP contribution in [0.3, 0.4) is 0 Å². The van der Waals surface area contributed by atoms with Crippen molar-refractivity contribution in [3.8, 4) is 0 Å². The van der Waals surface area contributed by atoms with Crippen LogP contribution in [-0.2, 0) is 14.6 Å². The number of allylic oxidation sites excluding steroid dienone is 2. The molecule has 114 valence electrons. The van der Waals surface area contributed by atoms with Crippen LogP contribution < -0.4 is 0 Å². The van der Waals surface area contributed by atoms with Gasteiger partial charge in [-0.2, -0.15) is 0 Å². The number of benzene rings is 1. The van der Waals surface area contributed by atoms with Crippen LogP contribution in [0.5, 0.6) is 0 Å². The molecular formula is C16H19IO3S. The molecule has 0 bridgehead atoms. The minimum absolute atomic E-state index is 0.0322. The van der Waals surface area contributed by atoms with Crippen molar-refractivity contribution in [2.24, 2.45) is 5.92 Å². The largest absolute Gasteiger partial charge is 0.295 e. The zero-order valence-electron chi connectivity index (χ0n) is 12.2. The lowest BCUT2D eigenvalue weighted by atomic mass is 9.96. The standard InChI is InChI=1S/C16H19IO3S/c1-11(18)14(9-12-5-3-4-6-12)13-7-8-16(15(17)10-13)21(2,19)20/h7-10,12H,3-6H2,1-2H3/b14-9-. The smallest absolute Gasteiger partial charge is 0.176 e. The van der Waals surface area contributed by atoms with Crippen molar-refractivity contribution < 1.29 is 13.2 Å². The topological polar surface area (TPSA) is 51.2 Å². The van der Waals surface area contributed by atoms with Crippen molar-refractivity contribution in [3.63, 3.8) is 0 Å². The molecular weight excluding hydrogens is 399 g/mol. The zero-order valence-corrected chi connectivity index (χ0v) is 15.2. The lowest BCUT2D eigenvalue weighted by molar-refractivity contribution is -0.111. The molecule has 0 saturated heterocycles. The van der Waals surface area contributed by atoms with Gasteiger partial charge in [-0.05, 0) is 66.0 Å². The monoisotopic (exact) mass is 418 g/mol. The molecule has 0 radical (unpaired) electrons. The van der Waals surface area contributed by atoms with Crippen molar-refractivity contribution >= 4 is 43.8 Å². The third-order valence-electron chi connectivity index (χ3n) is 3.82. The van der Waals surface area contributed by atoms with E-state index in [1.165, 1.54) is 19.1 Å². The maximum atomic E-state index is 11.9. The molecule has 0 aliphatic heterocycles. The predicted octanol–water partition coefficient (Wildman–Crippen LogP) is 3.86. The van der Waals surface area contributed by atoms with Gasteiger partial charge in [0.05, 0.1) is 4.90 Å². The number of Topliss-reactive ketones (excluding diaryl/α,β-unsaturated/α-hetero) is 1. The van der Waals surface area contributed by atoms with Crippen LogP contribution in [0, 0.1) is 9.49 Å². The normalized spacial score (nSPS) is 17.2. The van der Waals surface area contributed by atoms with Gasteiger partial charge in [0, 0.05) is 15.4 Å². The number of halogens is 1. The SMILES string of the molecule is CC(=O)/C(=C/C1CCCC1)c1ccc(S(C)(=O)=O)c(I)c1. The van der Waals surface area contributed by atoms with Gasteiger partial charge in [0.1, 0.15) is 0 Å². The first-order chi connectivity index (χ1) is 9.79. The summed E-state index contributed by atoms with van der Waals surface area (Å²) >= 11 is 2.01. The molecule has 0 aromatic heterocycles. The summed E-state index contributed by atoms with van der Waals surface area (Å²) < 4.78 is 24.0. The average Bonchev–Trinajstić information content (AvgIpc) is 2.86. The van der Waals surface area contributed by atoms with Crippen LogP contribution in [0.1, 0.15) is 38.2 Å². The van der Waals surface area contributed by atoms with E-state index in [1.54, 1.807) is 25.1 Å². The second-order valence-corrected chi connectivity index (χ2v) is 8.74. The molecule has 5 heteroatoms. The van der Waals surface area contributed by atoms with E-state index in [0.29, 0.717) is 20.0 Å². The Morgan fingerprint density at radius 1 is 1.29 bits per heavy atom. The fourth-order valence-electron chi connectivity index (χ4n) is 2.75. The third kappa shape index (κ3) is 4.16. The number of carbonyl (C=O) groups excluding carboxylic acids is 1. The molecule has 21 heavy (non-hydrogen) atoms. The van der Waals surface area contributed by atoms with E-state index in [-0.39, 0.29) is 5.78 Å². The van der Waals surface area contributed by atoms with Gasteiger partial charge in [-0.15, -0.1) is 0 Å². The molecule has 3 nitrogen and oxygen atoms in total. The molecule has 1 fully saturated rings. The second kappa shape index (κ2) is 6.60. The van der Waals surface area contributed by atoms with E-state index in [9.17, 15) is 13.2 Å². The number of sulfone groups is 1. The zero-order chi connectivity index (χ0) is 15.6. The summed E-state index contributed by atoms with van der Waals surface area (Å²) in [6.45, 7) is 1.57. The quantitative estimate of drug-likeness (QED) is 0.551. The van der Waals surface area contributed by atoms with Crippen molar-refractivity contribution in [2.75, 3.05) is 6.26 Å². The average molecular weight is 418 g/mol. The van der Waals surface area contributed by atoms with Crippen LogP contribution in [-0.4, -0.2) is 20.5 Å². The highest BCUT2D eigenvalue weighted by atomic mass is 127. The Hall–Kier alpha value is -0.690. The van der Waals surface area contributed by atoms with Gasteiger partial charge in [0.25, 0.3) is 0 Å². The van der Waals surface area contributed by atoms with Crippen LogP contribution in [0.4, 0.5) is 0 Å². The summed E-state index contributed by atoms with van der Waals surface area (Å²) in [7, 11) is -3.23. The molecule has 0 unspecified atom stereocenters. The van der Waals surface area contributed by atoms with Gasteiger partial charge < -0.3 is 0 Å². The molecule has 1 aromatic carbocycles. The van der Waals surface area contributed by atoms with Crippen molar-refractivity contribution in [3.05, 3.63) is 33.4 Å². The summed E-state index contributed by atoms with van der Waals surface area (Å²) in [5.41, 5.74) is 1.52. The van der Waals surface area contributed by atoms with Crippen LogP contribution in [0.25, 0.3) is 5.57 Å². The van der Waals surface area contributed by atoms with Gasteiger partial charge in [-0.3, -0.25) is 4.79 Å². The first-order valence-electron chi connectivity index (χ1n) is 7.02. The van der Waals surface area contributed by atoms with Crippen molar-refractivity contribution in [2.45, 2.75) is 37.5 Å². The highest BCUT2D eigenvalue weighted by Crippen LogP contribution is 2.30. The molecule has 0 heterocycles. The van der Waals surface area contributed by atoms with E-state index in [0.717, 1.165) is 18.4 Å². The van der Waals surface area contributed by atoms with E-state index >= 15 is 0 Å². The first kappa shape index (κ1) is 16.7. The Bertz CT molecular complexity index is 683. The lowest BCUT2D eigenvalue weighted by Gasteiger charge is -2.10. The Balaban J connectivity index is 2.42. The van der Waals surface area contributed by atoms with Gasteiger partial charge in [-0.25, -0.2) is 8.42 Å². The van der Waals surface area contributed by atoms with Gasteiger partial charge in [0.15, 0.2) is 15.6 Å². The van der Waals surface area contributed by atoms with E-state index in [4.69, 9.17) is 0 Å². The van der Waals surface area contributed by atoms with E-state index in [2.05, 4.69) is 6.08 Å². The van der Waals surface area contributed by atoms with Crippen molar-refractivity contribution in [1.29, 1.82) is 0 Å². The van der Waals surface area contributed by atoms with Gasteiger partial charge >= 0.3 is 0 Å². The minimum atomic E-state index is -3.23. The molecule has 0 amide bonds. The number of ketones is 1.